The third-order valence-electron chi connectivity index (χ3n) is 5.48. The van der Waals surface area contributed by atoms with Crippen molar-refractivity contribution in [2.45, 2.75) is 46.6 Å². The Bertz CT molecular complexity index is 840. The molecule has 9 heteroatoms. The second-order valence-corrected chi connectivity index (χ2v) is 7.89. The van der Waals surface area contributed by atoms with Gasteiger partial charge in [-0.1, -0.05) is 51.1 Å². The highest BCUT2D eigenvalue weighted by Gasteiger charge is 2.40. The number of Topliss-reactive ketones (excluding diaryl/α,β-unsaturated/α-hetero) is 1. The molecule has 0 bridgehead atoms. The Balaban J connectivity index is 2.40. The first kappa shape index (κ1) is 24.4. The number of likely N-dealkylation sites (N-methyl/N-ethyl adjacent to an activating group) is 2. The second kappa shape index (κ2) is 10.4. The molecule has 1 heterocycles. The lowest BCUT2D eigenvalue weighted by atomic mass is 10.00. The number of hydrogen-bond donors (Lipinski definition) is 3. The number of amides is 2. The lowest BCUT2D eigenvalue weighted by Gasteiger charge is -2.42. The van der Waals surface area contributed by atoms with Crippen molar-refractivity contribution in [1.82, 2.24) is 14.7 Å². The molecule has 0 radical (unpaired) electrons. The Morgan fingerprint density at radius 1 is 1.16 bits per heavy atom. The molecule has 0 saturated heterocycles. The van der Waals surface area contributed by atoms with Gasteiger partial charge in [-0.15, -0.1) is 0 Å². The number of benzene rings is 1. The highest BCUT2D eigenvalue weighted by atomic mass is 16.3. The molecule has 5 N–H and O–H groups in total. The van der Waals surface area contributed by atoms with Crippen LogP contribution in [0.4, 0.5) is 0 Å². The maximum atomic E-state index is 13.2. The standard InChI is InChI=1S/C22H33N5O4/c1-5-25(18(14(3)4)20(24)29)13-16(28)17-19(23)27(12-15-10-8-7-9-11-15)22(31)26(6-2)21(17)30/h7-11,14,18,22,31H,5-6,12-13,23H2,1-4H3,(H2,24,29). The van der Waals surface area contributed by atoms with E-state index in [1.807, 2.05) is 51.1 Å². The Morgan fingerprint density at radius 3 is 2.26 bits per heavy atom. The van der Waals surface area contributed by atoms with Crippen molar-refractivity contribution in [3.8, 4) is 0 Å². The summed E-state index contributed by atoms with van der Waals surface area (Å²) >= 11 is 0. The molecular formula is C22H33N5O4. The van der Waals surface area contributed by atoms with E-state index in [4.69, 9.17) is 11.5 Å². The van der Waals surface area contributed by atoms with Crippen LogP contribution in [-0.2, 0) is 20.9 Å². The summed E-state index contributed by atoms with van der Waals surface area (Å²) in [5, 5.41) is 10.7. The average Bonchev–Trinajstić information content (AvgIpc) is 2.71. The third-order valence-corrected chi connectivity index (χ3v) is 5.48. The van der Waals surface area contributed by atoms with Crippen LogP contribution >= 0.6 is 0 Å². The van der Waals surface area contributed by atoms with Gasteiger partial charge in [-0.2, -0.15) is 0 Å². The first-order valence-corrected chi connectivity index (χ1v) is 10.5. The molecule has 2 amide bonds. The fourth-order valence-electron chi connectivity index (χ4n) is 3.91. The van der Waals surface area contributed by atoms with Crippen LogP contribution in [0, 0.1) is 5.92 Å². The number of hydrogen-bond acceptors (Lipinski definition) is 7. The molecule has 1 aliphatic rings. The quantitative estimate of drug-likeness (QED) is 0.451. The summed E-state index contributed by atoms with van der Waals surface area (Å²) in [6, 6.07) is 8.67. The van der Waals surface area contributed by atoms with Crippen molar-refractivity contribution in [2.75, 3.05) is 19.6 Å². The van der Waals surface area contributed by atoms with Gasteiger partial charge in [-0.25, -0.2) is 0 Å². The maximum Gasteiger partial charge on any atom is 0.264 e. The normalized spacial score (nSPS) is 18.2. The van der Waals surface area contributed by atoms with Gasteiger partial charge in [0.05, 0.1) is 12.6 Å². The number of carbonyl (C=O) groups is 3. The Hall–Kier alpha value is -2.91. The number of carbonyl (C=O) groups excluding carboxylic acids is 3. The van der Waals surface area contributed by atoms with E-state index in [0.29, 0.717) is 6.54 Å². The van der Waals surface area contributed by atoms with Crippen LogP contribution in [0.1, 0.15) is 33.3 Å². The molecule has 170 valence electrons. The van der Waals surface area contributed by atoms with Crippen LogP contribution in [0.2, 0.25) is 0 Å². The van der Waals surface area contributed by atoms with E-state index in [0.717, 1.165) is 5.56 Å². The summed E-state index contributed by atoms with van der Waals surface area (Å²) in [4.78, 5) is 42.4. The fourth-order valence-corrected chi connectivity index (χ4v) is 3.91. The predicted molar refractivity (Wildman–Crippen MR) is 117 cm³/mol. The Labute approximate surface area is 183 Å². The minimum Gasteiger partial charge on any atom is -0.384 e. The van der Waals surface area contributed by atoms with Gasteiger partial charge in [0.15, 0.2) is 5.78 Å². The topological polar surface area (TPSA) is 133 Å². The van der Waals surface area contributed by atoms with Gasteiger partial charge in [0.2, 0.25) is 12.3 Å². The van der Waals surface area contributed by atoms with Gasteiger partial charge in [-0.3, -0.25) is 24.2 Å². The molecule has 1 aliphatic heterocycles. The highest BCUT2D eigenvalue weighted by molar-refractivity contribution is 6.21. The Morgan fingerprint density at radius 2 is 1.77 bits per heavy atom. The van der Waals surface area contributed by atoms with Crippen molar-refractivity contribution in [3.63, 3.8) is 0 Å². The lowest BCUT2D eigenvalue weighted by Crippen LogP contribution is -2.58. The third kappa shape index (κ3) is 5.23. The highest BCUT2D eigenvalue weighted by Crippen LogP contribution is 2.25. The van der Waals surface area contributed by atoms with Crippen molar-refractivity contribution in [1.29, 1.82) is 0 Å². The number of nitrogens with two attached hydrogens (primary N) is 2. The van der Waals surface area contributed by atoms with Gasteiger partial charge in [0.25, 0.3) is 5.91 Å². The molecule has 1 aromatic carbocycles. The number of primary amides is 1. The van der Waals surface area contributed by atoms with Gasteiger partial charge >= 0.3 is 0 Å². The number of aliphatic hydroxyl groups excluding tert-OH is 1. The molecule has 0 spiro atoms. The summed E-state index contributed by atoms with van der Waals surface area (Å²) in [6.07, 6.45) is -1.29. The number of ketones is 1. The largest absolute Gasteiger partial charge is 0.384 e. The number of nitrogens with zero attached hydrogens (tertiary/aromatic N) is 3. The fraction of sp³-hybridized carbons (Fsp3) is 0.500. The lowest BCUT2D eigenvalue weighted by molar-refractivity contribution is -0.158. The minimum atomic E-state index is -1.29. The monoisotopic (exact) mass is 431 g/mol. The molecule has 2 rings (SSSR count). The molecule has 0 saturated carbocycles. The number of rotatable bonds is 10. The zero-order valence-electron chi connectivity index (χ0n) is 18.6. The average molecular weight is 432 g/mol. The predicted octanol–water partition coefficient (Wildman–Crippen LogP) is 0.198. The van der Waals surface area contributed by atoms with Crippen LogP contribution < -0.4 is 11.5 Å². The van der Waals surface area contributed by atoms with E-state index in [-0.39, 0.29) is 36.9 Å². The van der Waals surface area contributed by atoms with Crippen molar-refractivity contribution >= 4 is 17.6 Å². The molecule has 0 fully saturated rings. The maximum absolute atomic E-state index is 13.2. The summed E-state index contributed by atoms with van der Waals surface area (Å²) in [7, 11) is 0. The molecule has 1 aromatic rings. The molecule has 2 unspecified atom stereocenters. The zero-order chi connectivity index (χ0) is 23.3. The van der Waals surface area contributed by atoms with E-state index < -0.39 is 30.0 Å². The van der Waals surface area contributed by atoms with Gasteiger partial charge in [0.1, 0.15) is 11.4 Å². The van der Waals surface area contributed by atoms with Gasteiger partial charge in [-0.05, 0) is 24.9 Å². The van der Waals surface area contributed by atoms with Gasteiger partial charge in [0, 0.05) is 13.1 Å². The van der Waals surface area contributed by atoms with E-state index in [2.05, 4.69) is 0 Å². The van der Waals surface area contributed by atoms with Crippen LogP contribution in [0.5, 0.6) is 0 Å². The molecular weight excluding hydrogens is 398 g/mol. The van der Waals surface area contributed by atoms with Gasteiger partial charge < -0.3 is 21.5 Å². The first-order valence-electron chi connectivity index (χ1n) is 10.5. The molecule has 0 aliphatic carbocycles. The van der Waals surface area contributed by atoms with Crippen LogP contribution in [0.15, 0.2) is 41.7 Å². The Kier molecular flexibility index (Phi) is 8.18. The van der Waals surface area contributed by atoms with Crippen molar-refractivity contribution in [2.24, 2.45) is 17.4 Å². The molecule has 2 atom stereocenters. The SMILES string of the molecule is CCN(CC(=O)C1=C(N)N(Cc2ccccc2)C(O)N(CC)C1=O)C(C(N)=O)C(C)C. The van der Waals surface area contributed by atoms with Crippen LogP contribution in [0.3, 0.4) is 0 Å². The summed E-state index contributed by atoms with van der Waals surface area (Å²) in [6.45, 7) is 7.85. The molecule has 9 nitrogen and oxygen atoms in total. The van der Waals surface area contributed by atoms with E-state index in [1.54, 1.807) is 11.8 Å². The second-order valence-electron chi connectivity index (χ2n) is 7.89. The number of aliphatic hydroxyl groups is 1. The van der Waals surface area contributed by atoms with Crippen LogP contribution in [-0.4, -0.2) is 69.4 Å². The summed E-state index contributed by atoms with van der Waals surface area (Å²) in [5.74, 6) is -1.86. The minimum absolute atomic E-state index is 0.0766. The van der Waals surface area contributed by atoms with E-state index >= 15 is 0 Å². The summed E-state index contributed by atoms with van der Waals surface area (Å²) < 4.78 is 0. The van der Waals surface area contributed by atoms with Crippen LogP contribution in [0.25, 0.3) is 0 Å². The zero-order valence-corrected chi connectivity index (χ0v) is 18.6. The van der Waals surface area contributed by atoms with Crippen molar-refractivity contribution in [3.05, 3.63) is 47.3 Å². The smallest absolute Gasteiger partial charge is 0.264 e. The summed E-state index contributed by atoms with van der Waals surface area (Å²) in [5.41, 5.74) is 12.5. The molecule has 31 heavy (non-hydrogen) atoms. The van der Waals surface area contributed by atoms with Crippen molar-refractivity contribution < 1.29 is 19.5 Å². The van der Waals surface area contributed by atoms with E-state index in [1.165, 1.54) is 9.80 Å². The molecule has 0 aromatic heterocycles. The van der Waals surface area contributed by atoms with E-state index in [9.17, 15) is 19.5 Å². The first-order chi connectivity index (χ1) is 14.6.